The van der Waals surface area contributed by atoms with Crippen molar-refractivity contribution in [3.8, 4) is 0 Å². The number of likely N-dealkylation sites (tertiary alicyclic amines) is 1. The van der Waals surface area contributed by atoms with Crippen molar-refractivity contribution in [1.29, 1.82) is 0 Å². The van der Waals surface area contributed by atoms with E-state index in [0.29, 0.717) is 5.78 Å². The van der Waals surface area contributed by atoms with Gasteiger partial charge in [0.2, 0.25) is 0 Å². The quantitative estimate of drug-likeness (QED) is 0.614. The van der Waals surface area contributed by atoms with Gasteiger partial charge in [0.1, 0.15) is 0 Å². The Morgan fingerprint density at radius 3 is 2.46 bits per heavy atom. The van der Waals surface area contributed by atoms with Crippen LogP contribution in [0.25, 0.3) is 0 Å². The Bertz CT molecular complexity index is 226. The van der Waals surface area contributed by atoms with Crippen molar-refractivity contribution in [3.63, 3.8) is 0 Å². The van der Waals surface area contributed by atoms with Crippen molar-refractivity contribution in [1.82, 2.24) is 4.90 Å². The number of carbonyl (C=O) groups is 1. The van der Waals surface area contributed by atoms with Crippen molar-refractivity contribution in [2.24, 2.45) is 0 Å². The Labute approximate surface area is 79.6 Å². The number of carbonyl (C=O) groups excluding carboxylic acids is 1. The molecule has 0 spiro atoms. The number of ketones is 1. The predicted molar refractivity (Wildman–Crippen MR) is 52.4 cm³/mol. The van der Waals surface area contributed by atoms with Gasteiger partial charge in [0.15, 0.2) is 5.78 Å². The molecule has 0 aromatic carbocycles. The zero-order chi connectivity index (χ0) is 9.10. The summed E-state index contributed by atoms with van der Waals surface area (Å²) in [7, 11) is 0. The second-order valence-corrected chi connectivity index (χ2v) is 4.00. The lowest BCUT2D eigenvalue weighted by molar-refractivity contribution is -0.115. The highest BCUT2D eigenvalue weighted by molar-refractivity contribution is 5.91. The van der Waals surface area contributed by atoms with E-state index >= 15 is 0 Å². The monoisotopic (exact) mass is 179 g/mol. The molecule has 1 aliphatic heterocycles. The first-order chi connectivity index (χ1) is 6.36. The van der Waals surface area contributed by atoms with E-state index in [9.17, 15) is 4.79 Å². The molecule has 0 atom stereocenters. The predicted octanol–water partition coefficient (Wildman–Crippen LogP) is 2.11. The zero-order valence-electron chi connectivity index (χ0n) is 8.09. The van der Waals surface area contributed by atoms with Crippen LogP contribution in [-0.2, 0) is 4.79 Å². The molecule has 2 aliphatic rings. The summed E-state index contributed by atoms with van der Waals surface area (Å²) in [5, 5.41) is 0. The molecular weight excluding hydrogens is 162 g/mol. The number of piperidine rings is 1. The van der Waals surface area contributed by atoms with Crippen LogP contribution in [0.1, 0.15) is 38.5 Å². The molecule has 1 heterocycles. The summed E-state index contributed by atoms with van der Waals surface area (Å²) >= 11 is 0. The minimum Gasteiger partial charge on any atom is -0.375 e. The summed E-state index contributed by atoms with van der Waals surface area (Å²) in [5.74, 6) is 0.326. The van der Waals surface area contributed by atoms with Gasteiger partial charge in [-0.1, -0.05) is 0 Å². The van der Waals surface area contributed by atoms with E-state index in [4.69, 9.17) is 0 Å². The molecule has 72 valence electrons. The standard InChI is InChI=1S/C11H17NO/c13-11-6-4-5-10(9-11)12-7-2-1-3-8-12/h9H,1-8H2. The second-order valence-electron chi connectivity index (χ2n) is 4.00. The number of hydrogen-bond acceptors (Lipinski definition) is 2. The van der Waals surface area contributed by atoms with E-state index in [1.165, 1.54) is 38.0 Å². The third-order valence-corrected chi connectivity index (χ3v) is 2.95. The maximum Gasteiger partial charge on any atom is 0.157 e. The van der Waals surface area contributed by atoms with Gasteiger partial charge >= 0.3 is 0 Å². The van der Waals surface area contributed by atoms with Gasteiger partial charge in [0, 0.05) is 31.3 Å². The van der Waals surface area contributed by atoms with E-state index in [1.54, 1.807) is 0 Å². The first kappa shape index (κ1) is 8.79. The molecule has 1 fully saturated rings. The summed E-state index contributed by atoms with van der Waals surface area (Å²) in [6.07, 6.45) is 8.76. The number of hydrogen-bond donors (Lipinski definition) is 0. The highest BCUT2D eigenvalue weighted by Gasteiger charge is 2.17. The number of allylic oxidation sites excluding steroid dienone is 2. The molecule has 0 unspecified atom stereocenters. The van der Waals surface area contributed by atoms with Crippen LogP contribution in [0, 0.1) is 0 Å². The molecule has 0 N–H and O–H groups in total. The van der Waals surface area contributed by atoms with Gasteiger partial charge in [-0.15, -0.1) is 0 Å². The van der Waals surface area contributed by atoms with Crippen LogP contribution in [0.3, 0.4) is 0 Å². The molecule has 1 saturated heterocycles. The lowest BCUT2D eigenvalue weighted by Crippen LogP contribution is -2.30. The molecule has 2 nitrogen and oxygen atoms in total. The molecule has 13 heavy (non-hydrogen) atoms. The maximum absolute atomic E-state index is 11.2. The van der Waals surface area contributed by atoms with Crippen molar-refractivity contribution in [3.05, 3.63) is 11.8 Å². The zero-order valence-corrected chi connectivity index (χ0v) is 8.09. The largest absolute Gasteiger partial charge is 0.375 e. The lowest BCUT2D eigenvalue weighted by atomic mass is 10.0. The van der Waals surface area contributed by atoms with Crippen LogP contribution < -0.4 is 0 Å². The number of rotatable bonds is 1. The van der Waals surface area contributed by atoms with Crippen molar-refractivity contribution in [2.75, 3.05) is 13.1 Å². The van der Waals surface area contributed by atoms with E-state index in [0.717, 1.165) is 19.3 Å². The minimum atomic E-state index is 0.326. The molecule has 0 bridgehead atoms. The van der Waals surface area contributed by atoms with Crippen molar-refractivity contribution < 1.29 is 4.79 Å². The average molecular weight is 179 g/mol. The van der Waals surface area contributed by atoms with Crippen LogP contribution in [0.15, 0.2) is 11.8 Å². The fraction of sp³-hybridized carbons (Fsp3) is 0.727. The smallest absolute Gasteiger partial charge is 0.157 e. The van der Waals surface area contributed by atoms with Crippen LogP contribution in [0.5, 0.6) is 0 Å². The van der Waals surface area contributed by atoms with Gasteiger partial charge in [-0.2, -0.15) is 0 Å². The Hall–Kier alpha value is -0.790. The molecule has 2 heteroatoms. The van der Waals surface area contributed by atoms with Gasteiger partial charge in [-0.05, 0) is 32.1 Å². The van der Waals surface area contributed by atoms with Gasteiger partial charge in [-0.3, -0.25) is 4.79 Å². The van der Waals surface area contributed by atoms with E-state index < -0.39 is 0 Å². The molecule has 0 radical (unpaired) electrons. The summed E-state index contributed by atoms with van der Waals surface area (Å²) < 4.78 is 0. The number of nitrogens with zero attached hydrogens (tertiary/aromatic N) is 1. The van der Waals surface area contributed by atoms with Crippen LogP contribution in [0.4, 0.5) is 0 Å². The Morgan fingerprint density at radius 2 is 1.77 bits per heavy atom. The third kappa shape index (κ3) is 2.11. The van der Waals surface area contributed by atoms with Gasteiger partial charge in [-0.25, -0.2) is 0 Å². The average Bonchev–Trinajstić information content (AvgIpc) is 2.19. The summed E-state index contributed by atoms with van der Waals surface area (Å²) in [5.41, 5.74) is 1.30. The maximum atomic E-state index is 11.2. The fourth-order valence-corrected chi connectivity index (χ4v) is 2.20. The SMILES string of the molecule is O=C1C=C(N2CCCCC2)CCC1. The normalized spacial score (nSPS) is 24.5. The molecule has 0 aromatic rings. The third-order valence-electron chi connectivity index (χ3n) is 2.95. The van der Waals surface area contributed by atoms with Crippen LogP contribution in [-0.4, -0.2) is 23.8 Å². The summed E-state index contributed by atoms with van der Waals surface area (Å²) in [6.45, 7) is 2.33. The lowest BCUT2D eigenvalue weighted by Gasteiger charge is -2.32. The highest BCUT2D eigenvalue weighted by Crippen LogP contribution is 2.22. The highest BCUT2D eigenvalue weighted by atomic mass is 16.1. The topological polar surface area (TPSA) is 20.3 Å². The summed E-state index contributed by atoms with van der Waals surface area (Å²) in [4.78, 5) is 13.6. The minimum absolute atomic E-state index is 0.326. The van der Waals surface area contributed by atoms with E-state index in [1.807, 2.05) is 6.08 Å². The molecular formula is C11H17NO. The van der Waals surface area contributed by atoms with Gasteiger partial charge in [0.05, 0.1) is 0 Å². The molecule has 1 aliphatic carbocycles. The molecule has 2 rings (SSSR count). The Balaban J connectivity index is 2.01. The first-order valence-electron chi connectivity index (χ1n) is 5.34. The first-order valence-corrected chi connectivity index (χ1v) is 5.34. The molecule has 0 saturated carbocycles. The van der Waals surface area contributed by atoms with Gasteiger partial charge < -0.3 is 4.90 Å². The van der Waals surface area contributed by atoms with Crippen molar-refractivity contribution in [2.45, 2.75) is 38.5 Å². The molecule has 0 amide bonds. The second kappa shape index (κ2) is 3.95. The van der Waals surface area contributed by atoms with Crippen LogP contribution >= 0.6 is 0 Å². The summed E-state index contributed by atoms with van der Waals surface area (Å²) in [6, 6.07) is 0. The van der Waals surface area contributed by atoms with E-state index in [2.05, 4.69) is 4.90 Å². The Morgan fingerprint density at radius 1 is 1.00 bits per heavy atom. The van der Waals surface area contributed by atoms with Crippen LogP contribution in [0.2, 0.25) is 0 Å². The van der Waals surface area contributed by atoms with E-state index in [-0.39, 0.29) is 0 Å². The molecule has 0 aromatic heterocycles. The van der Waals surface area contributed by atoms with Crippen molar-refractivity contribution >= 4 is 5.78 Å². The Kier molecular flexibility index (Phi) is 2.67. The van der Waals surface area contributed by atoms with Gasteiger partial charge in [0.25, 0.3) is 0 Å². The fourth-order valence-electron chi connectivity index (χ4n) is 2.20.